The zero-order valence-corrected chi connectivity index (χ0v) is 9.31. The Bertz CT molecular complexity index is 202. The zero-order valence-electron chi connectivity index (χ0n) is 9.31. The monoisotopic (exact) mass is 184 g/mol. The Balaban J connectivity index is 4.19. The van der Waals surface area contributed by atoms with Crippen LogP contribution in [0.1, 0.15) is 40.5 Å². The van der Waals surface area contributed by atoms with Crippen molar-refractivity contribution in [3.05, 3.63) is 11.1 Å². The normalized spacial score (nSPS) is 12.8. The van der Waals surface area contributed by atoms with Gasteiger partial charge in [0.05, 0.1) is 7.11 Å². The maximum absolute atomic E-state index is 11.1. The third kappa shape index (κ3) is 4.71. The Labute approximate surface area is 81.0 Å². The zero-order chi connectivity index (χ0) is 10.4. The highest BCUT2D eigenvalue weighted by atomic mass is 16.5. The minimum Gasteiger partial charge on any atom is -0.466 e. The van der Waals surface area contributed by atoms with Crippen molar-refractivity contribution in [1.29, 1.82) is 0 Å². The van der Waals surface area contributed by atoms with Crippen molar-refractivity contribution >= 4 is 5.97 Å². The first kappa shape index (κ1) is 12.2. The lowest BCUT2D eigenvalue weighted by molar-refractivity contribution is -0.136. The molecule has 0 aromatic rings. The second-order valence-electron chi connectivity index (χ2n) is 3.83. The Morgan fingerprint density at radius 1 is 1.31 bits per heavy atom. The molecule has 0 aliphatic heterocycles. The molecule has 0 aliphatic rings. The van der Waals surface area contributed by atoms with E-state index in [0.29, 0.717) is 5.92 Å². The van der Waals surface area contributed by atoms with Crippen LogP contribution in [0.4, 0.5) is 0 Å². The highest BCUT2D eigenvalue weighted by molar-refractivity contribution is 5.88. The average Bonchev–Trinajstić information content (AvgIpc) is 2.11. The summed E-state index contributed by atoms with van der Waals surface area (Å²) in [6.45, 7) is 8.18. The number of methoxy groups -OCH3 is 1. The van der Waals surface area contributed by atoms with Crippen molar-refractivity contribution in [1.82, 2.24) is 0 Å². The highest BCUT2D eigenvalue weighted by Crippen LogP contribution is 2.15. The van der Waals surface area contributed by atoms with Crippen LogP contribution in [0.15, 0.2) is 11.1 Å². The number of carbonyl (C=O) groups is 1. The molecule has 76 valence electrons. The SMILES string of the molecule is COC(=O)C(C)=C(C)CCC(C)C. The van der Waals surface area contributed by atoms with Crippen LogP contribution in [0.3, 0.4) is 0 Å². The lowest BCUT2D eigenvalue weighted by Gasteiger charge is -2.07. The fourth-order valence-electron chi connectivity index (χ4n) is 1.02. The van der Waals surface area contributed by atoms with E-state index in [2.05, 4.69) is 18.6 Å². The summed E-state index contributed by atoms with van der Waals surface area (Å²) in [5.41, 5.74) is 1.89. The lowest BCUT2D eigenvalue weighted by Crippen LogP contribution is -2.04. The van der Waals surface area contributed by atoms with Gasteiger partial charge >= 0.3 is 5.97 Å². The molecule has 0 aromatic heterocycles. The molecular weight excluding hydrogens is 164 g/mol. The molecule has 0 aliphatic carbocycles. The molecule has 0 spiro atoms. The molecule has 0 bridgehead atoms. The number of hydrogen-bond donors (Lipinski definition) is 0. The summed E-state index contributed by atoms with van der Waals surface area (Å²) in [5, 5.41) is 0. The van der Waals surface area contributed by atoms with Gasteiger partial charge in [-0.2, -0.15) is 0 Å². The topological polar surface area (TPSA) is 26.3 Å². The van der Waals surface area contributed by atoms with Crippen molar-refractivity contribution in [3.63, 3.8) is 0 Å². The van der Waals surface area contributed by atoms with E-state index in [1.54, 1.807) is 0 Å². The first-order valence-electron chi connectivity index (χ1n) is 4.73. The number of esters is 1. The van der Waals surface area contributed by atoms with Gasteiger partial charge in [0.15, 0.2) is 0 Å². The molecule has 2 nitrogen and oxygen atoms in total. The lowest BCUT2D eigenvalue weighted by atomic mass is 10.0. The van der Waals surface area contributed by atoms with Gasteiger partial charge in [-0.1, -0.05) is 19.4 Å². The molecule has 0 heterocycles. The number of ether oxygens (including phenoxy) is 1. The van der Waals surface area contributed by atoms with Crippen molar-refractivity contribution < 1.29 is 9.53 Å². The number of rotatable bonds is 4. The number of carbonyl (C=O) groups excluding carboxylic acids is 1. The fraction of sp³-hybridized carbons (Fsp3) is 0.727. The van der Waals surface area contributed by atoms with E-state index >= 15 is 0 Å². The fourth-order valence-corrected chi connectivity index (χ4v) is 1.02. The van der Waals surface area contributed by atoms with Gasteiger partial charge in [0, 0.05) is 5.57 Å². The van der Waals surface area contributed by atoms with Crippen LogP contribution in [0.25, 0.3) is 0 Å². The Morgan fingerprint density at radius 2 is 1.85 bits per heavy atom. The van der Waals surface area contributed by atoms with Crippen LogP contribution < -0.4 is 0 Å². The van der Waals surface area contributed by atoms with E-state index in [-0.39, 0.29) is 5.97 Å². The first-order chi connectivity index (χ1) is 5.99. The highest BCUT2D eigenvalue weighted by Gasteiger charge is 2.07. The Kier molecular flexibility index (Phi) is 5.44. The third-order valence-electron chi connectivity index (χ3n) is 2.23. The summed E-state index contributed by atoms with van der Waals surface area (Å²) in [6.07, 6.45) is 2.11. The molecule has 0 saturated heterocycles. The van der Waals surface area contributed by atoms with Crippen LogP contribution in [0.5, 0.6) is 0 Å². The summed E-state index contributed by atoms with van der Waals surface area (Å²) >= 11 is 0. The molecule has 0 aromatic carbocycles. The van der Waals surface area contributed by atoms with Crippen molar-refractivity contribution in [2.75, 3.05) is 7.11 Å². The van der Waals surface area contributed by atoms with Crippen LogP contribution >= 0.6 is 0 Å². The van der Waals surface area contributed by atoms with Crippen LogP contribution in [-0.4, -0.2) is 13.1 Å². The smallest absolute Gasteiger partial charge is 0.333 e. The van der Waals surface area contributed by atoms with E-state index < -0.39 is 0 Å². The van der Waals surface area contributed by atoms with Gasteiger partial charge in [-0.05, 0) is 32.6 Å². The van der Waals surface area contributed by atoms with Crippen molar-refractivity contribution in [2.45, 2.75) is 40.5 Å². The average molecular weight is 184 g/mol. The molecule has 0 N–H and O–H groups in total. The Morgan fingerprint density at radius 3 is 2.23 bits per heavy atom. The van der Waals surface area contributed by atoms with E-state index in [9.17, 15) is 4.79 Å². The molecule has 0 rings (SSSR count). The van der Waals surface area contributed by atoms with Crippen LogP contribution in [0, 0.1) is 5.92 Å². The predicted octanol–water partition coefficient (Wildman–Crippen LogP) is 2.93. The number of hydrogen-bond acceptors (Lipinski definition) is 2. The molecule has 0 fully saturated rings. The van der Waals surface area contributed by atoms with Gasteiger partial charge in [-0.25, -0.2) is 4.79 Å². The summed E-state index contributed by atoms with van der Waals surface area (Å²) in [5.74, 6) is 0.474. The summed E-state index contributed by atoms with van der Waals surface area (Å²) in [4.78, 5) is 11.1. The minimum absolute atomic E-state index is 0.207. The van der Waals surface area contributed by atoms with Gasteiger partial charge in [-0.3, -0.25) is 0 Å². The first-order valence-corrected chi connectivity index (χ1v) is 4.73. The maximum Gasteiger partial charge on any atom is 0.333 e. The van der Waals surface area contributed by atoms with Crippen molar-refractivity contribution in [2.24, 2.45) is 5.92 Å². The van der Waals surface area contributed by atoms with E-state index in [1.165, 1.54) is 7.11 Å². The molecular formula is C11H20O2. The van der Waals surface area contributed by atoms with Crippen LogP contribution in [0.2, 0.25) is 0 Å². The van der Waals surface area contributed by atoms with E-state index in [0.717, 1.165) is 24.0 Å². The van der Waals surface area contributed by atoms with Gasteiger partial charge in [0.1, 0.15) is 0 Å². The van der Waals surface area contributed by atoms with Gasteiger partial charge in [0.2, 0.25) is 0 Å². The number of allylic oxidation sites excluding steroid dienone is 1. The molecule has 13 heavy (non-hydrogen) atoms. The van der Waals surface area contributed by atoms with Crippen LogP contribution in [-0.2, 0) is 9.53 Å². The molecule has 0 unspecified atom stereocenters. The van der Waals surface area contributed by atoms with Gasteiger partial charge in [0.25, 0.3) is 0 Å². The molecule has 0 atom stereocenters. The minimum atomic E-state index is -0.207. The molecule has 0 amide bonds. The van der Waals surface area contributed by atoms with E-state index in [1.807, 2.05) is 13.8 Å². The third-order valence-corrected chi connectivity index (χ3v) is 2.23. The Hall–Kier alpha value is -0.790. The quantitative estimate of drug-likeness (QED) is 0.496. The molecule has 0 radical (unpaired) electrons. The summed E-state index contributed by atoms with van der Waals surface area (Å²) in [6, 6.07) is 0. The second-order valence-corrected chi connectivity index (χ2v) is 3.83. The summed E-state index contributed by atoms with van der Waals surface area (Å²) in [7, 11) is 1.42. The molecule has 0 saturated carbocycles. The van der Waals surface area contributed by atoms with Crippen molar-refractivity contribution in [3.8, 4) is 0 Å². The molecule has 2 heteroatoms. The standard InChI is InChI=1S/C11H20O2/c1-8(2)6-7-9(3)10(4)11(12)13-5/h8H,6-7H2,1-5H3. The largest absolute Gasteiger partial charge is 0.466 e. The predicted molar refractivity (Wildman–Crippen MR) is 54.5 cm³/mol. The van der Waals surface area contributed by atoms with Gasteiger partial charge in [-0.15, -0.1) is 0 Å². The summed E-state index contributed by atoms with van der Waals surface area (Å²) < 4.78 is 4.64. The maximum atomic E-state index is 11.1. The second kappa shape index (κ2) is 5.79. The van der Waals surface area contributed by atoms with Gasteiger partial charge < -0.3 is 4.74 Å². The van der Waals surface area contributed by atoms with E-state index in [4.69, 9.17) is 0 Å².